The molecule has 2 N–H and O–H groups in total. The van der Waals surface area contributed by atoms with Gasteiger partial charge in [0.25, 0.3) is 0 Å². The van der Waals surface area contributed by atoms with Gasteiger partial charge in [-0.25, -0.2) is 9.97 Å². The molecular formula is C20H18N4OS. The Balaban J connectivity index is 1.47. The van der Waals surface area contributed by atoms with Crippen LogP contribution < -0.4 is 5.32 Å². The lowest BCUT2D eigenvalue weighted by molar-refractivity contribution is -0.116. The Bertz CT molecular complexity index is 1020. The van der Waals surface area contributed by atoms with Crippen LogP contribution in [0.25, 0.3) is 22.6 Å². The van der Waals surface area contributed by atoms with Gasteiger partial charge < -0.3 is 10.3 Å². The Hall–Kier alpha value is -2.99. The number of anilines is 1. The Morgan fingerprint density at radius 2 is 2.08 bits per heavy atom. The maximum Gasteiger partial charge on any atom is 0.224 e. The molecule has 0 unspecified atom stereocenters. The third-order valence-corrected chi connectivity index (χ3v) is 4.89. The van der Waals surface area contributed by atoms with E-state index in [0.717, 1.165) is 28.2 Å². The fourth-order valence-electron chi connectivity index (χ4n) is 2.93. The van der Waals surface area contributed by atoms with Gasteiger partial charge in [-0.15, -0.1) is 11.3 Å². The van der Waals surface area contributed by atoms with Gasteiger partial charge in [0.2, 0.25) is 5.91 Å². The molecule has 0 fully saturated rings. The van der Waals surface area contributed by atoms with Crippen molar-refractivity contribution >= 4 is 34.0 Å². The van der Waals surface area contributed by atoms with E-state index in [1.165, 1.54) is 16.9 Å². The second-order valence-corrected chi connectivity index (χ2v) is 6.97. The van der Waals surface area contributed by atoms with Crippen molar-refractivity contribution in [3.8, 4) is 11.5 Å². The number of amides is 1. The minimum absolute atomic E-state index is 0.0000527. The van der Waals surface area contributed by atoms with Crippen molar-refractivity contribution in [2.24, 2.45) is 0 Å². The number of hydrogen-bond acceptors (Lipinski definition) is 4. The van der Waals surface area contributed by atoms with Crippen LogP contribution in [0, 0.1) is 0 Å². The molecule has 0 saturated heterocycles. The molecular weight excluding hydrogens is 344 g/mol. The van der Waals surface area contributed by atoms with Crippen LogP contribution >= 0.6 is 11.3 Å². The van der Waals surface area contributed by atoms with E-state index >= 15 is 0 Å². The van der Waals surface area contributed by atoms with Crippen LogP contribution in [-0.4, -0.2) is 20.9 Å². The van der Waals surface area contributed by atoms with Crippen LogP contribution in [0.3, 0.4) is 0 Å². The van der Waals surface area contributed by atoms with Crippen LogP contribution in [0.2, 0.25) is 0 Å². The zero-order valence-electron chi connectivity index (χ0n) is 14.3. The predicted molar refractivity (Wildman–Crippen MR) is 105 cm³/mol. The first-order valence-corrected chi connectivity index (χ1v) is 9.36. The number of thiazole rings is 1. The number of aromatic nitrogens is 3. The number of nitrogens with zero attached hydrogens (tertiary/aromatic N) is 2. The van der Waals surface area contributed by atoms with Gasteiger partial charge >= 0.3 is 0 Å². The first-order chi connectivity index (χ1) is 12.7. The zero-order valence-corrected chi connectivity index (χ0v) is 15.1. The van der Waals surface area contributed by atoms with Gasteiger partial charge in [-0.1, -0.05) is 37.3 Å². The largest absolute Gasteiger partial charge is 0.337 e. The molecule has 2 aromatic carbocycles. The number of hydrogen-bond donors (Lipinski definition) is 2. The van der Waals surface area contributed by atoms with E-state index in [1.807, 2.05) is 41.8 Å². The summed E-state index contributed by atoms with van der Waals surface area (Å²) in [4.78, 5) is 24.4. The minimum Gasteiger partial charge on any atom is -0.337 e. The number of aromatic amines is 1. The third-order valence-electron chi connectivity index (χ3n) is 4.30. The standard InChI is InChI=1S/C20H18N4OS/c1-13(14-5-3-2-4-6-14)9-19(25)22-15-7-8-16-17(10-15)24-20(23-16)18-11-26-12-21-18/h2-8,10-13H,9H2,1H3,(H,22,25)(H,23,24)/t13-/m0/s1. The van der Waals surface area contributed by atoms with Crippen molar-refractivity contribution in [3.05, 3.63) is 65.0 Å². The third kappa shape index (κ3) is 3.50. The van der Waals surface area contributed by atoms with E-state index in [2.05, 4.69) is 39.3 Å². The van der Waals surface area contributed by atoms with Gasteiger partial charge in [0.1, 0.15) is 5.69 Å². The maximum absolute atomic E-state index is 12.4. The molecule has 6 heteroatoms. The average molecular weight is 362 g/mol. The highest BCUT2D eigenvalue weighted by Gasteiger charge is 2.12. The summed E-state index contributed by atoms with van der Waals surface area (Å²) < 4.78 is 0. The number of H-pyrrole nitrogens is 1. The van der Waals surface area contributed by atoms with Crippen molar-refractivity contribution in [2.45, 2.75) is 19.3 Å². The van der Waals surface area contributed by atoms with E-state index in [9.17, 15) is 4.79 Å². The summed E-state index contributed by atoms with van der Waals surface area (Å²) in [5.74, 6) is 0.908. The first-order valence-electron chi connectivity index (χ1n) is 8.42. The molecule has 2 aromatic heterocycles. The molecule has 4 aromatic rings. The van der Waals surface area contributed by atoms with Crippen molar-refractivity contribution in [3.63, 3.8) is 0 Å². The molecule has 1 atom stereocenters. The zero-order chi connectivity index (χ0) is 17.9. The molecule has 5 nitrogen and oxygen atoms in total. The topological polar surface area (TPSA) is 70.7 Å². The van der Waals surface area contributed by atoms with Gasteiger partial charge in [-0.05, 0) is 29.7 Å². The summed E-state index contributed by atoms with van der Waals surface area (Å²) in [7, 11) is 0. The predicted octanol–water partition coefficient (Wildman–Crippen LogP) is 4.82. The first kappa shape index (κ1) is 16.5. The monoisotopic (exact) mass is 362 g/mol. The SMILES string of the molecule is C[C@@H](CC(=O)Nc1ccc2nc(-c3cscn3)[nH]c2c1)c1ccccc1. The van der Waals surface area contributed by atoms with Crippen LogP contribution in [0.5, 0.6) is 0 Å². The van der Waals surface area contributed by atoms with Crippen molar-refractivity contribution < 1.29 is 4.79 Å². The highest BCUT2D eigenvalue weighted by molar-refractivity contribution is 7.07. The van der Waals surface area contributed by atoms with Crippen molar-refractivity contribution in [2.75, 3.05) is 5.32 Å². The summed E-state index contributed by atoms with van der Waals surface area (Å²) in [5.41, 5.74) is 6.26. The Morgan fingerprint density at radius 1 is 1.23 bits per heavy atom. The van der Waals surface area contributed by atoms with Gasteiger partial charge in [-0.3, -0.25) is 4.79 Å². The molecule has 2 heterocycles. The second kappa shape index (κ2) is 7.09. The van der Waals surface area contributed by atoms with Crippen LogP contribution in [0.4, 0.5) is 5.69 Å². The fraction of sp³-hybridized carbons (Fsp3) is 0.150. The molecule has 4 rings (SSSR count). The van der Waals surface area contributed by atoms with Crippen LogP contribution in [0.15, 0.2) is 59.4 Å². The average Bonchev–Trinajstić information content (AvgIpc) is 3.31. The van der Waals surface area contributed by atoms with E-state index in [0.29, 0.717) is 6.42 Å². The number of rotatable bonds is 5. The Morgan fingerprint density at radius 3 is 2.85 bits per heavy atom. The summed E-state index contributed by atoms with van der Waals surface area (Å²) >= 11 is 1.53. The number of nitrogens with one attached hydrogen (secondary N) is 2. The Labute approximate surface area is 155 Å². The van der Waals surface area contributed by atoms with E-state index < -0.39 is 0 Å². The highest BCUT2D eigenvalue weighted by atomic mass is 32.1. The van der Waals surface area contributed by atoms with Crippen LogP contribution in [-0.2, 0) is 4.79 Å². The molecule has 26 heavy (non-hydrogen) atoms. The lowest BCUT2D eigenvalue weighted by atomic mass is 9.97. The van der Waals surface area contributed by atoms with Crippen LogP contribution in [0.1, 0.15) is 24.8 Å². The van der Waals surface area contributed by atoms with Gasteiger partial charge in [0.05, 0.1) is 16.5 Å². The summed E-state index contributed by atoms with van der Waals surface area (Å²) in [6.07, 6.45) is 0.440. The van der Waals surface area contributed by atoms with Gasteiger partial charge in [-0.2, -0.15) is 0 Å². The lowest BCUT2D eigenvalue weighted by Gasteiger charge is -2.12. The van der Waals surface area contributed by atoms with E-state index in [-0.39, 0.29) is 11.8 Å². The Kier molecular flexibility index (Phi) is 4.50. The molecule has 0 spiro atoms. The quantitative estimate of drug-likeness (QED) is 0.535. The normalized spacial score (nSPS) is 12.2. The highest BCUT2D eigenvalue weighted by Crippen LogP contribution is 2.24. The molecule has 1 amide bonds. The molecule has 0 aliphatic carbocycles. The maximum atomic E-state index is 12.4. The molecule has 0 aliphatic heterocycles. The number of carbonyl (C=O) groups excluding carboxylic acids is 1. The number of carbonyl (C=O) groups is 1. The summed E-state index contributed by atoms with van der Waals surface area (Å²) in [6.45, 7) is 2.06. The molecule has 0 radical (unpaired) electrons. The lowest BCUT2D eigenvalue weighted by Crippen LogP contribution is -2.14. The fourth-order valence-corrected chi connectivity index (χ4v) is 3.46. The minimum atomic E-state index is -0.0000527. The molecule has 0 bridgehead atoms. The van der Waals surface area contributed by atoms with Crippen molar-refractivity contribution in [1.29, 1.82) is 0 Å². The number of imidazole rings is 1. The molecule has 0 saturated carbocycles. The summed E-state index contributed by atoms with van der Waals surface area (Å²) in [5, 5.41) is 4.93. The number of benzene rings is 2. The van der Waals surface area contributed by atoms with E-state index in [4.69, 9.17) is 0 Å². The molecule has 130 valence electrons. The van der Waals surface area contributed by atoms with Crippen molar-refractivity contribution in [1.82, 2.24) is 15.0 Å². The summed E-state index contributed by atoms with van der Waals surface area (Å²) in [6, 6.07) is 15.8. The van der Waals surface area contributed by atoms with Gasteiger partial charge in [0.15, 0.2) is 5.82 Å². The smallest absolute Gasteiger partial charge is 0.224 e. The number of fused-ring (bicyclic) bond motifs is 1. The second-order valence-electron chi connectivity index (χ2n) is 6.26. The van der Waals surface area contributed by atoms with E-state index in [1.54, 1.807) is 5.51 Å². The van der Waals surface area contributed by atoms with Gasteiger partial charge in [0, 0.05) is 17.5 Å². The molecule has 0 aliphatic rings.